The van der Waals surface area contributed by atoms with Gasteiger partial charge in [0.25, 0.3) is 0 Å². The fourth-order valence-electron chi connectivity index (χ4n) is 4.72. The van der Waals surface area contributed by atoms with Crippen LogP contribution in [-0.2, 0) is 32.3 Å². The average molecular weight is 391 g/mol. The maximum absolute atomic E-state index is 13.2. The van der Waals surface area contributed by atoms with Crippen molar-refractivity contribution >= 4 is 20.9 Å². The van der Waals surface area contributed by atoms with Gasteiger partial charge in [0.1, 0.15) is 0 Å². The Balaban J connectivity index is 1.44. The lowest BCUT2D eigenvalue weighted by Crippen LogP contribution is -2.47. The first-order chi connectivity index (χ1) is 13.1. The molecule has 0 radical (unpaired) electrons. The van der Waals surface area contributed by atoms with E-state index in [9.17, 15) is 8.42 Å². The molecule has 1 spiro atoms. The van der Waals surface area contributed by atoms with E-state index in [1.54, 1.807) is 10.4 Å². The zero-order valence-electron chi connectivity index (χ0n) is 15.5. The van der Waals surface area contributed by atoms with Gasteiger partial charge in [0.2, 0.25) is 10.0 Å². The molecule has 2 aliphatic heterocycles. The molecule has 1 aromatic heterocycles. The van der Waals surface area contributed by atoms with E-state index in [-0.39, 0.29) is 0 Å². The first-order valence-electron chi connectivity index (χ1n) is 9.99. The second-order valence-electron chi connectivity index (χ2n) is 7.86. The smallest absolute Gasteiger partial charge is 0.243 e. The summed E-state index contributed by atoms with van der Waals surface area (Å²) in [5.41, 5.74) is 3.64. The highest BCUT2D eigenvalue weighted by atomic mass is 32.2. The first-order valence-corrected chi connectivity index (χ1v) is 11.4. The summed E-state index contributed by atoms with van der Waals surface area (Å²) in [6, 6.07) is 5.53. The van der Waals surface area contributed by atoms with Crippen molar-refractivity contribution in [1.29, 1.82) is 0 Å². The summed E-state index contributed by atoms with van der Waals surface area (Å²) in [7, 11) is -3.50. The van der Waals surface area contributed by atoms with E-state index in [4.69, 9.17) is 9.47 Å². The van der Waals surface area contributed by atoms with E-state index < -0.39 is 15.8 Å². The molecule has 2 saturated heterocycles. The van der Waals surface area contributed by atoms with Crippen molar-refractivity contribution in [2.24, 2.45) is 0 Å². The van der Waals surface area contributed by atoms with E-state index >= 15 is 0 Å². The van der Waals surface area contributed by atoms with Crippen molar-refractivity contribution in [2.45, 2.75) is 55.6 Å². The lowest BCUT2D eigenvalue weighted by atomic mass is 10.1. The van der Waals surface area contributed by atoms with Crippen LogP contribution >= 0.6 is 0 Å². The van der Waals surface area contributed by atoms with Crippen LogP contribution in [0.25, 0.3) is 10.9 Å². The quantitative estimate of drug-likeness (QED) is 0.801. The largest absolute Gasteiger partial charge is 0.358 e. The highest BCUT2D eigenvalue weighted by Crippen LogP contribution is 2.35. The molecular formula is C20H26N2O4S. The van der Waals surface area contributed by atoms with E-state index in [0.29, 0.717) is 44.0 Å². The summed E-state index contributed by atoms with van der Waals surface area (Å²) in [4.78, 5) is 3.90. The van der Waals surface area contributed by atoms with E-state index in [0.717, 1.165) is 23.7 Å². The van der Waals surface area contributed by atoms with Gasteiger partial charge < -0.3 is 14.5 Å². The molecule has 0 amide bonds. The van der Waals surface area contributed by atoms with Crippen LogP contribution in [0.3, 0.4) is 0 Å². The maximum atomic E-state index is 13.2. The molecule has 0 unspecified atom stereocenters. The minimum atomic E-state index is -3.50. The molecule has 146 valence electrons. The topological polar surface area (TPSA) is 71.6 Å². The summed E-state index contributed by atoms with van der Waals surface area (Å²) in [5, 5.41) is 1.07. The van der Waals surface area contributed by atoms with Gasteiger partial charge in [0.15, 0.2) is 5.79 Å². The Labute approximate surface area is 159 Å². The molecule has 6 nitrogen and oxygen atoms in total. The summed E-state index contributed by atoms with van der Waals surface area (Å²) in [6.45, 7) is 2.07. The zero-order chi connectivity index (χ0) is 18.5. The molecule has 0 saturated carbocycles. The average Bonchev–Trinajstić information content (AvgIpc) is 3.19. The molecule has 2 aromatic rings. The maximum Gasteiger partial charge on any atom is 0.243 e. The van der Waals surface area contributed by atoms with Crippen LogP contribution in [0.4, 0.5) is 0 Å². The summed E-state index contributed by atoms with van der Waals surface area (Å²) in [6.07, 6.45) is 6.87. The molecular weight excluding hydrogens is 364 g/mol. The Kier molecular flexibility index (Phi) is 4.31. The van der Waals surface area contributed by atoms with E-state index in [1.807, 2.05) is 12.1 Å². The van der Waals surface area contributed by atoms with Gasteiger partial charge in [-0.1, -0.05) is 6.42 Å². The number of hydrogen-bond acceptors (Lipinski definition) is 4. The number of sulfonamides is 1. The van der Waals surface area contributed by atoms with Crippen molar-refractivity contribution in [3.63, 3.8) is 0 Å². The molecule has 1 N–H and O–H groups in total. The van der Waals surface area contributed by atoms with Crippen molar-refractivity contribution in [3.05, 3.63) is 29.5 Å². The molecule has 2 fully saturated rings. The monoisotopic (exact) mass is 390 g/mol. The molecule has 3 heterocycles. The standard InChI is InChI=1S/C20H26N2O4S/c23-27(24,22-10-8-20(9-11-22)25-12-13-26-20)15-6-7-19-17(14-15)16-4-2-1-3-5-18(16)21-19/h6-7,14,21H,1-5,8-13H2. The van der Waals surface area contributed by atoms with Crippen LogP contribution in [0.5, 0.6) is 0 Å². The number of aromatic nitrogens is 1. The molecule has 0 atom stereocenters. The Morgan fingerprint density at radius 1 is 1.00 bits per heavy atom. The van der Waals surface area contributed by atoms with Gasteiger partial charge in [0, 0.05) is 42.5 Å². The van der Waals surface area contributed by atoms with Gasteiger partial charge in [-0.3, -0.25) is 0 Å². The fourth-order valence-corrected chi connectivity index (χ4v) is 6.19. The number of aromatic amines is 1. The molecule has 3 aliphatic rings. The predicted molar refractivity (Wildman–Crippen MR) is 102 cm³/mol. The number of rotatable bonds is 2. The molecule has 27 heavy (non-hydrogen) atoms. The Morgan fingerprint density at radius 3 is 2.52 bits per heavy atom. The van der Waals surface area contributed by atoms with Gasteiger partial charge in [-0.25, -0.2) is 8.42 Å². The van der Waals surface area contributed by atoms with Gasteiger partial charge in [-0.15, -0.1) is 0 Å². The SMILES string of the molecule is O=S(=O)(c1ccc2[nH]c3c(c2c1)CCCCC3)N1CCC2(CC1)OCCO2. The van der Waals surface area contributed by atoms with Crippen LogP contribution in [0.1, 0.15) is 43.4 Å². The van der Waals surface area contributed by atoms with Crippen molar-refractivity contribution in [1.82, 2.24) is 9.29 Å². The highest BCUT2D eigenvalue weighted by molar-refractivity contribution is 7.89. The first kappa shape index (κ1) is 17.7. The normalized spacial score (nSPS) is 23.6. The van der Waals surface area contributed by atoms with Crippen molar-refractivity contribution in [3.8, 4) is 0 Å². The number of H-pyrrole nitrogens is 1. The van der Waals surface area contributed by atoms with Crippen LogP contribution in [0.2, 0.25) is 0 Å². The van der Waals surface area contributed by atoms with E-state index in [1.165, 1.54) is 30.5 Å². The van der Waals surface area contributed by atoms with Gasteiger partial charge in [-0.2, -0.15) is 4.31 Å². The summed E-state index contributed by atoms with van der Waals surface area (Å²) >= 11 is 0. The fraction of sp³-hybridized carbons (Fsp3) is 0.600. The molecule has 7 heteroatoms. The van der Waals surface area contributed by atoms with Crippen molar-refractivity contribution < 1.29 is 17.9 Å². The second-order valence-corrected chi connectivity index (χ2v) is 9.80. The predicted octanol–water partition coefficient (Wildman–Crippen LogP) is 2.96. The van der Waals surface area contributed by atoms with Crippen LogP contribution in [0, 0.1) is 0 Å². The van der Waals surface area contributed by atoms with Crippen LogP contribution in [0.15, 0.2) is 23.1 Å². The minimum Gasteiger partial charge on any atom is -0.358 e. The third kappa shape index (κ3) is 3.01. The zero-order valence-corrected chi connectivity index (χ0v) is 16.3. The number of piperidine rings is 1. The lowest BCUT2D eigenvalue weighted by Gasteiger charge is -2.36. The third-order valence-corrected chi connectivity index (χ3v) is 8.15. The number of aryl methyl sites for hydroxylation is 2. The number of nitrogens with one attached hydrogen (secondary N) is 1. The number of benzene rings is 1. The summed E-state index contributed by atoms with van der Waals surface area (Å²) < 4.78 is 39.5. The Hall–Kier alpha value is -1.41. The number of fused-ring (bicyclic) bond motifs is 3. The van der Waals surface area contributed by atoms with Gasteiger partial charge in [0.05, 0.1) is 18.1 Å². The minimum absolute atomic E-state index is 0.394. The third-order valence-electron chi connectivity index (χ3n) is 6.26. The molecule has 1 aliphatic carbocycles. The van der Waals surface area contributed by atoms with Gasteiger partial charge >= 0.3 is 0 Å². The van der Waals surface area contributed by atoms with Gasteiger partial charge in [-0.05, 0) is 49.4 Å². The van der Waals surface area contributed by atoms with Crippen LogP contribution in [-0.4, -0.2) is 49.8 Å². The van der Waals surface area contributed by atoms with E-state index in [2.05, 4.69) is 4.98 Å². The second kappa shape index (κ2) is 6.58. The molecule has 5 rings (SSSR count). The Bertz CT molecular complexity index is 950. The Morgan fingerprint density at radius 2 is 1.74 bits per heavy atom. The lowest BCUT2D eigenvalue weighted by molar-refractivity contribution is -0.179. The molecule has 0 bridgehead atoms. The number of ether oxygens (including phenoxy) is 2. The van der Waals surface area contributed by atoms with Crippen molar-refractivity contribution in [2.75, 3.05) is 26.3 Å². The molecule has 1 aromatic carbocycles. The highest BCUT2D eigenvalue weighted by Gasteiger charge is 2.42. The number of nitrogens with zero attached hydrogens (tertiary/aromatic N) is 1. The number of hydrogen-bond donors (Lipinski definition) is 1. The van der Waals surface area contributed by atoms with Crippen LogP contribution < -0.4 is 0 Å². The summed E-state index contributed by atoms with van der Waals surface area (Å²) in [5.74, 6) is -0.562.